The van der Waals surface area contributed by atoms with Crippen molar-refractivity contribution in [1.29, 1.82) is 0 Å². The first kappa shape index (κ1) is 18.0. The zero-order chi connectivity index (χ0) is 17.9. The van der Waals surface area contributed by atoms with E-state index >= 15 is 0 Å². The second kappa shape index (κ2) is 7.48. The lowest BCUT2D eigenvalue weighted by molar-refractivity contribution is -0.121. The average molecular weight is 353 g/mol. The molecule has 0 aliphatic heterocycles. The Balaban J connectivity index is 2.01. The minimum Gasteiger partial charge on any atom is -0.349 e. The number of benzene rings is 1. The summed E-state index contributed by atoms with van der Waals surface area (Å²) in [7, 11) is 0. The molecule has 0 fully saturated rings. The van der Waals surface area contributed by atoms with Crippen LogP contribution in [0.1, 0.15) is 36.2 Å². The zero-order valence-corrected chi connectivity index (χ0v) is 14.0. The van der Waals surface area contributed by atoms with Crippen LogP contribution in [0.5, 0.6) is 0 Å². The molecule has 1 amide bonds. The summed E-state index contributed by atoms with van der Waals surface area (Å²) >= 11 is 4.86. The molecule has 0 radical (unpaired) electrons. The van der Waals surface area contributed by atoms with Gasteiger partial charge in [0.25, 0.3) is 5.56 Å². The van der Waals surface area contributed by atoms with Gasteiger partial charge in [0, 0.05) is 29.3 Å². The van der Waals surface area contributed by atoms with Crippen LogP contribution >= 0.6 is 12.2 Å². The quantitative estimate of drug-likeness (QED) is 0.724. The van der Waals surface area contributed by atoms with Gasteiger partial charge in [-0.1, -0.05) is 6.07 Å². The van der Waals surface area contributed by atoms with Crippen molar-refractivity contribution in [1.82, 2.24) is 15.3 Å². The highest BCUT2D eigenvalue weighted by Gasteiger charge is 2.15. The average Bonchev–Trinajstić information content (AvgIpc) is 2.45. The standard InChI is InChI=1S/C16H17F2N3O2S/c1-8(11-4-3-10(17)7-13(11)18)19-14(22)6-5-12-9(2)20-16(24)21-15(12)23/h3-4,7-8H,5-6H2,1-2H3,(H,19,22)(H2,20,21,23,24)/t8-/m0/s1. The maximum Gasteiger partial charge on any atom is 0.255 e. The second-order valence-corrected chi connectivity index (χ2v) is 5.88. The molecule has 1 atom stereocenters. The number of H-pyrrole nitrogens is 2. The fraction of sp³-hybridized carbons (Fsp3) is 0.312. The predicted molar refractivity (Wildman–Crippen MR) is 88.2 cm³/mol. The molecule has 3 N–H and O–H groups in total. The van der Waals surface area contributed by atoms with Crippen molar-refractivity contribution in [3.63, 3.8) is 0 Å². The number of amides is 1. The summed E-state index contributed by atoms with van der Waals surface area (Å²) < 4.78 is 26.8. The highest BCUT2D eigenvalue weighted by atomic mass is 32.1. The van der Waals surface area contributed by atoms with Crippen molar-refractivity contribution < 1.29 is 13.6 Å². The van der Waals surface area contributed by atoms with Crippen molar-refractivity contribution in [2.75, 3.05) is 0 Å². The number of aryl methyl sites for hydroxylation is 1. The summed E-state index contributed by atoms with van der Waals surface area (Å²) in [5.41, 5.74) is 0.915. The minimum absolute atomic E-state index is 0.0572. The molecule has 24 heavy (non-hydrogen) atoms. The van der Waals surface area contributed by atoms with Crippen LogP contribution in [0.25, 0.3) is 0 Å². The Bertz CT molecular complexity index is 876. The van der Waals surface area contributed by atoms with Gasteiger partial charge in [-0.3, -0.25) is 14.6 Å². The molecule has 5 nitrogen and oxygen atoms in total. The first-order valence-corrected chi connectivity index (χ1v) is 7.75. The van der Waals surface area contributed by atoms with E-state index in [9.17, 15) is 18.4 Å². The third-order valence-electron chi connectivity index (χ3n) is 3.66. The summed E-state index contributed by atoms with van der Waals surface area (Å²) in [5.74, 6) is -1.73. The second-order valence-electron chi connectivity index (χ2n) is 5.47. The molecule has 1 heterocycles. The Morgan fingerprint density at radius 2 is 2.04 bits per heavy atom. The molecule has 1 aromatic carbocycles. The summed E-state index contributed by atoms with van der Waals surface area (Å²) in [6.07, 6.45) is 0.277. The number of hydrogen-bond acceptors (Lipinski definition) is 3. The van der Waals surface area contributed by atoms with Crippen LogP contribution in [-0.4, -0.2) is 15.9 Å². The largest absolute Gasteiger partial charge is 0.349 e. The SMILES string of the molecule is Cc1[nH]c(=S)[nH]c(=O)c1CCC(=O)N[C@@H](C)c1ccc(F)cc1F. The molecule has 0 bridgehead atoms. The molecule has 0 aliphatic rings. The summed E-state index contributed by atoms with van der Waals surface area (Å²) in [6.45, 7) is 3.31. The van der Waals surface area contributed by atoms with E-state index in [2.05, 4.69) is 15.3 Å². The molecule has 2 rings (SSSR count). The zero-order valence-electron chi connectivity index (χ0n) is 13.2. The van der Waals surface area contributed by atoms with Gasteiger partial charge in [-0.2, -0.15) is 0 Å². The number of hydrogen-bond donors (Lipinski definition) is 3. The lowest BCUT2D eigenvalue weighted by Crippen LogP contribution is -2.28. The predicted octanol–water partition coefficient (Wildman–Crippen LogP) is 2.83. The van der Waals surface area contributed by atoms with Gasteiger partial charge in [-0.15, -0.1) is 0 Å². The van der Waals surface area contributed by atoms with E-state index < -0.39 is 17.7 Å². The topological polar surface area (TPSA) is 77.8 Å². The summed E-state index contributed by atoms with van der Waals surface area (Å²) in [6, 6.07) is 2.59. The van der Waals surface area contributed by atoms with Crippen molar-refractivity contribution in [2.45, 2.75) is 32.7 Å². The smallest absolute Gasteiger partial charge is 0.255 e. The van der Waals surface area contributed by atoms with Crippen molar-refractivity contribution in [2.24, 2.45) is 0 Å². The normalized spacial score (nSPS) is 12.0. The van der Waals surface area contributed by atoms with E-state index in [0.717, 1.165) is 12.1 Å². The monoisotopic (exact) mass is 353 g/mol. The highest BCUT2D eigenvalue weighted by molar-refractivity contribution is 7.71. The minimum atomic E-state index is -0.717. The van der Waals surface area contributed by atoms with Gasteiger partial charge in [0.15, 0.2) is 4.77 Å². The first-order chi connectivity index (χ1) is 11.3. The van der Waals surface area contributed by atoms with E-state index in [4.69, 9.17) is 12.2 Å². The Morgan fingerprint density at radius 3 is 2.67 bits per heavy atom. The van der Waals surface area contributed by atoms with E-state index in [1.54, 1.807) is 13.8 Å². The van der Waals surface area contributed by atoms with Crippen LogP contribution in [0, 0.1) is 23.3 Å². The first-order valence-electron chi connectivity index (χ1n) is 7.34. The van der Waals surface area contributed by atoms with Crippen LogP contribution in [0.3, 0.4) is 0 Å². The van der Waals surface area contributed by atoms with Crippen LogP contribution in [0.4, 0.5) is 8.78 Å². The number of halogens is 2. The third kappa shape index (κ3) is 4.35. The molecule has 0 unspecified atom stereocenters. The maximum atomic E-state index is 13.7. The number of carbonyl (C=O) groups is 1. The summed E-state index contributed by atoms with van der Waals surface area (Å²) in [4.78, 5) is 29.1. The molecule has 0 aliphatic carbocycles. The van der Waals surface area contributed by atoms with Crippen molar-refractivity contribution >= 4 is 18.1 Å². The Hall–Kier alpha value is -2.35. The molecule has 0 saturated carbocycles. The molecule has 1 aromatic heterocycles. The Labute approximate surface area is 142 Å². The number of carbonyl (C=O) groups excluding carboxylic acids is 1. The molecule has 0 saturated heterocycles. The number of aromatic nitrogens is 2. The molecular formula is C16H17F2N3O2S. The lowest BCUT2D eigenvalue weighted by Gasteiger charge is -2.15. The maximum absolute atomic E-state index is 13.7. The molecular weight excluding hydrogens is 336 g/mol. The fourth-order valence-corrected chi connectivity index (χ4v) is 2.66. The van der Waals surface area contributed by atoms with Crippen LogP contribution < -0.4 is 10.9 Å². The van der Waals surface area contributed by atoms with E-state index in [1.165, 1.54) is 6.07 Å². The Morgan fingerprint density at radius 1 is 1.33 bits per heavy atom. The number of nitrogens with one attached hydrogen (secondary N) is 3. The van der Waals surface area contributed by atoms with E-state index in [1.807, 2.05) is 0 Å². The van der Waals surface area contributed by atoms with Gasteiger partial charge in [-0.05, 0) is 38.6 Å². The lowest BCUT2D eigenvalue weighted by atomic mass is 10.1. The van der Waals surface area contributed by atoms with Crippen LogP contribution in [0.2, 0.25) is 0 Å². The van der Waals surface area contributed by atoms with Gasteiger partial charge in [0.1, 0.15) is 11.6 Å². The molecule has 0 spiro atoms. The third-order valence-corrected chi connectivity index (χ3v) is 3.87. The van der Waals surface area contributed by atoms with Gasteiger partial charge in [0.2, 0.25) is 5.91 Å². The molecule has 2 aromatic rings. The number of rotatable bonds is 5. The molecule has 128 valence electrons. The molecule has 8 heteroatoms. The number of aromatic amines is 2. The van der Waals surface area contributed by atoms with Gasteiger partial charge in [0.05, 0.1) is 6.04 Å². The van der Waals surface area contributed by atoms with Gasteiger partial charge >= 0.3 is 0 Å². The van der Waals surface area contributed by atoms with Crippen molar-refractivity contribution in [3.8, 4) is 0 Å². The van der Waals surface area contributed by atoms with E-state index in [0.29, 0.717) is 11.3 Å². The van der Waals surface area contributed by atoms with Gasteiger partial charge in [-0.25, -0.2) is 8.78 Å². The van der Waals surface area contributed by atoms with Gasteiger partial charge < -0.3 is 10.3 Å². The summed E-state index contributed by atoms with van der Waals surface area (Å²) in [5, 5.41) is 2.63. The van der Waals surface area contributed by atoms with Crippen LogP contribution in [0.15, 0.2) is 23.0 Å². The van der Waals surface area contributed by atoms with Crippen LogP contribution in [-0.2, 0) is 11.2 Å². The fourth-order valence-electron chi connectivity index (χ4n) is 2.41. The van der Waals surface area contributed by atoms with E-state index in [-0.39, 0.29) is 34.6 Å². The Kier molecular flexibility index (Phi) is 5.61. The highest BCUT2D eigenvalue weighted by Crippen LogP contribution is 2.17. The van der Waals surface area contributed by atoms with Crippen molar-refractivity contribution in [3.05, 3.63) is 61.8 Å².